The topological polar surface area (TPSA) is 49.3 Å². The van der Waals surface area contributed by atoms with Gasteiger partial charge in [0, 0.05) is 23.2 Å². The number of amides is 1. The number of carbonyl (C=O) groups excluding carboxylic acids is 1. The molecule has 0 saturated heterocycles. The summed E-state index contributed by atoms with van der Waals surface area (Å²) in [5.74, 6) is 4.97. The maximum atomic E-state index is 13.0. The third-order valence-corrected chi connectivity index (χ3v) is 2.70. The van der Waals surface area contributed by atoms with E-state index in [0.29, 0.717) is 17.7 Å². The minimum absolute atomic E-state index is 0.0289. The number of nitrogens with one attached hydrogen (secondary N) is 1. The molecule has 0 bridgehead atoms. The van der Waals surface area contributed by atoms with Crippen LogP contribution >= 0.6 is 0 Å². The highest BCUT2D eigenvalue weighted by Gasteiger charge is 2.06. The Hall–Kier alpha value is -2.64. The lowest BCUT2D eigenvalue weighted by atomic mass is 10.1. The molecule has 0 aliphatic heterocycles. The zero-order valence-corrected chi connectivity index (χ0v) is 11.3. The van der Waals surface area contributed by atoms with Crippen LogP contribution < -0.4 is 5.32 Å². The smallest absolute Gasteiger partial charge is 0.255 e. The first kappa shape index (κ1) is 14.8. The van der Waals surface area contributed by atoms with E-state index in [2.05, 4.69) is 17.2 Å². The van der Waals surface area contributed by atoms with Crippen LogP contribution in [0.3, 0.4) is 0 Å². The predicted molar refractivity (Wildman–Crippen MR) is 79.4 cm³/mol. The zero-order chi connectivity index (χ0) is 15.1. The van der Waals surface area contributed by atoms with E-state index in [1.165, 1.54) is 18.2 Å². The Balaban J connectivity index is 2.05. The van der Waals surface area contributed by atoms with Crippen molar-refractivity contribution in [3.05, 3.63) is 65.5 Å². The molecule has 21 heavy (non-hydrogen) atoms. The van der Waals surface area contributed by atoms with E-state index < -0.39 is 5.82 Å². The lowest BCUT2D eigenvalue weighted by Gasteiger charge is -2.05. The molecule has 0 aliphatic carbocycles. The van der Waals surface area contributed by atoms with Crippen molar-refractivity contribution in [3.63, 3.8) is 0 Å². The first-order valence-electron chi connectivity index (χ1n) is 6.46. The highest BCUT2D eigenvalue weighted by atomic mass is 19.1. The van der Waals surface area contributed by atoms with Gasteiger partial charge in [-0.15, -0.1) is 0 Å². The molecule has 0 saturated carbocycles. The van der Waals surface area contributed by atoms with Gasteiger partial charge < -0.3 is 10.4 Å². The molecular formula is C17H14FNO2. The first-order chi connectivity index (χ1) is 10.2. The molecule has 1 amide bonds. The maximum absolute atomic E-state index is 13.0. The van der Waals surface area contributed by atoms with Crippen molar-refractivity contribution >= 4 is 11.6 Å². The first-order valence-corrected chi connectivity index (χ1v) is 6.46. The van der Waals surface area contributed by atoms with Crippen LogP contribution in [0.25, 0.3) is 0 Å². The van der Waals surface area contributed by atoms with Crippen LogP contribution in [0.4, 0.5) is 10.1 Å². The quantitative estimate of drug-likeness (QED) is 0.851. The lowest BCUT2D eigenvalue weighted by molar-refractivity contribution is 0.102. The molecule has 2 aromatic carbocycles. The van der Waals surface area contributed by atoms with Gasteiger partial charge in [-0.1, -0.05) is 17.9 Å². The van der Waals surface area contributed by atoms with Crippen LogP contribution in [-0.2, 0) is 0 Å². The van der Waals surface area contributed by atoms with E-state index in [0.717, 1.165) is 5.56 Å². The number of rotatable bonds is 3. The molecule has 0 spiro atoms. The summed E-state index contributed by atoms with van der Waals surface area (Å²) < 4.78 is 13.0. The summed E-state index contributed by atoms with van der Waals surface area (Å²) in [7, 11) is 0. The highest BCUT2D eigenvalue weighted by molar-refractivity contribution is 6.04. The van der Waals surface area contributed by atoms with Gasteiger partial charge in [-0.05, 0) is 42.5 Å². The largest absolute Gasteiger partial charge is 0.395 e. The zero-order valence-electron chi connectivity index (χ0n) is 11.3. The Kier molecular flexibility index (Phi) is 5.08. The summed E-state index contributed by atoms with van der Waals surface area (Å²) in [5, 5.41) is 11.3. The van der Waals surface area contributed by atoms with Gasteiger partial charge in [0.1, 0.15) is 5.82 Å². The molecule has 3 nitrogen and oxygen atoms in total. The van der Waals surface area contributed by atoms with Gasteiger partial charge >= 0.3 is 0 Å². The van der Waals surface area contributed by atoms with Gasteiger partial charge in [0.25, 0.3) is 5.91 Å². The SMILES string of the molecule is O=C(Nc1cccc(F)c1)c1ccc(C#CCCO)cc1. The van der Waals surface area contributed by atoms with Gasteiger partial charge in [0.05, 0.1) is 6.61 Å². The minimum atomic E-state index is -0.401. The Labute approximate surface area is 122 Å². The fraction of sp³-hybridized carbons (Fsp3) is 0.118. The molecule has 0 aliphatic rings. The molecular weight excluding hydrogens is 269 g/mol. The number of aliphatic hydroxyl groups is 1. The number of halogens is 1. The summed E-state index contributed by atoms with van der Waals surface area (Å²) in [4.78, 5) is 12.0. The Bertz CT molecular complexity index is 684. The molecule has 0 atom stereocenters. The summed E-state index contributed by atoms with van der Waals surface area (Å²) in [5.41, 5.74) is 1.64. The van der Waals surface area contributed by atoms with Gasteiger partial charge in [0.2, 0.25) is 0 Å². The lowest BCUT2D eigenvalue weighted by Crippen LogP contribution is -2.11. The van der Waals surface area contributed by atoms with Crippen LogP contribution in [0, 0.1) is 17.7 Å². The Morgan fingerprint density at radius 3 is 2.62 bits per heavy atom. The van der Waals surface area contributed by atoms with E-state index in [4.69, 9.17) is 5.11 Å². The van der Waals surface area contributed by atoms with Crippen molar-refractivity contribution < 1.29 is 14.3 Å². The summed E-state index contributed by atoms with van der Waals surface area (Å²) in [6.45, 7) is 0.0289. The monoisotopic (exact) mass is 283 g/mol. The number of hydrogen-bond donors (Lipinski definition) is 2. The van der Waals surface area contributed by atoms with E-state index in [1.807, 2.05) is 0 Å². The molecule has 2 N–H and O–H groups in total. The van der Waals surface area contributed by atoms with Crippen LogP contribution in [0.5, 0.6) is 0 Å². The van der Waals surface area contributed by atoms with Gasteiger partial charge in [0.15, 0.2) is 0 Å². The van der Waals surface area contributed by atoms with Crippen LogP contribution in [-0.4, -0.2) is 17.6 Å². The summed E-state index contributed by atoms with van der Waals surface area (Å²) in [6, 6.07) is 12.5. The molecule has 2 rings (SSSR count). The Morgan fingerprint density at radius 1 is 1.19 bits per heavy atom. The summed E-state index contributed by atoms with van der Waals surface area (Å²) in [6.07, 6.45) is 0.418. The fourth-order valence-electron chi connectivity index (χ4n) is 1.69. The predicted octanol–water partition coefficient (Wildman–Crippen LogP) is 2.81. The number of anilines is 1. The van der Waals surface area contributed by atoms with Crippen molar-refractivity contribution in [2.45, 2.75) is 6.42 Å². The van der Waals surface area contributed by atoms with Crippen molar-refractivity contribution in [1.82, 2.24) is 0 Å². The van der Waals surface area contributed by atoms with Crippen LogP contribution in [0.2, 0.25) is 0 Å². The molecule has 0 radical (unpaired) electrons. The van der Waals surface area contributed by atoms with Crippen LogP contribution in [0.15, 0.2) is 48.5 Å². The molecule has 0 aromatic heterocycles. The van der Waals surface area contributed by atoms with Gasteiger partial charge in [-0.2, -0.15) is 0 Å². The minimum Gasteiger partial charge on any atom is -0.395 e. The standard InChI is InChI=1S/C17H14FNO2/c18-15-5-3-6-16(12-15)19-17(21)14-9-7-13(8-10-14)4-1-2-11-20/h3,5-10,12,20H,2,11H2,(H,19,21). The second-order valence-electron chi connectivity index (χ2n) is 4.32. The second-order valence-corrected chi connectivity index (χ2v) is 4.32. The number of aliphatic hydroxyl groups excluding tert-OH is 1. The molecule has 106 valence electrons. The van der Waals surface area contributed by atoms with E-state index >= 15 is 0 Å². The molecule has 0 heterocycles. The second kappa shape index (κ2) is 7.22. The molecule has 4 heteroatoms. The van der Waals surface area contributed by atoms with Gasteiger partial charge in [-0.25, -0.2) is 4.39 Å². The average molecular weight is 283 g/mol. The number of benzene rings is 2. The van der Waals surface area contributed by atoms with Crippen LogP contribution in [0.1, 0.15) is 22.3 Å². The third kappa shape index (κ3) is 4.44. The molecule has 0 fully saturated rings. The summed E-state index contributed by atoms with van der Waals surface area (Å²) >= 11 is 0. The van der Waals surface area contributed by atoms with Gasteiger partial charge in [-0.3, -0.25) is 4.79 Å². The highest BCUT2D eigenvalue weighted by Crippen LogP contribution is 2.11. The normalized spacial score (nSPS) is 9.62. The fourth-order valence-corrected chi connectivity index (χ4v) is 1.69. The average Bonchev–Trinajstić information content (AvgIpc) is 2.48. The van der Waals surface area contributed by atoms with Crippen molar-refractivity contribution in [1.29, 1.82) is 0 Å². The number of hydrogen-bond acceptors (Lipinski definition) is 2. The number of carbonyl (C=O) groups is 1. The third-order valence-electron chi connectivity index (χ3n) is 2.70. The molecule has 0 unspecified atom stereocenters. The van der Waals surface area contributed by atoms with Crippen molar-refractivity contribution in [2.75, 3.05) is 11.9 Å². The van der Waals surface area contributed by atoms with Crippen molar-refractivity contribution in [2.24, 2.45) is 0 Å². The van der Waals surface area contributed by atoms with E-state index in [9.17, 15) is 9.18 Å². The maximum Gasteiger partial charge on any atom is 0.255 e. The van der Waals surface area contributed by atoms with Crippen molar-refractivity contribution in [3.8, 4) is 11.8 Å². The molecule has 2 aromatic rings. The van der Waals surface area contributed by atoms with E-state index in [-0.39, 0.29) is 12.5 Å². The Morgan fingerprint density at radius 2 is 1.95 bits per heavy atom. The van der Waals surface area contributed by atoms with E-state index in [1.54, 1.807) is 30.3 Å².